The first-order chi connectivity index (χ1) is 14.2. The van der Waals surface area contributed by atoms with Crippen molar-refractivity contribution in [1.82, 2.24) is 25.4 Å². The third kappa shape index (κ3) is 6.61. The second-order valence-electron chi connectivity index (χ2n) is 7.36. The quantitative estimate of drug-likeness (QED) is 0.372. The van der Waals surface area contributed by atoms with Crippen molar-refractivity contribution < 1.29 is 0 Å². The highest BCUT2D eigenvalue weighted by Gasteiger charge is 2.14. The average Bonchev–Trinajstić information content (AvgIpc) is 2.94. The van der Waals surface area contributed by atoms with Gasteiger partial charge in [0.15, 0.2) is 5.96 Å². The molecule has 1 aliphatic heterocycles. The van der Waals surface area contributed by atoms with Crippen LogP contribution in [0.3, 0.4) is 0 Å². The van der Waals surface area contributed by atoms with Crippen molar-refractivity contribution in [1.29, 1.82) is 0 Å². The lowest BCUT2D eigenvalue weighted by molar-refractivity contribution is 0.593. The van der Waals surface area contributed by atoms with Crippen LogP contribution in [-0.4, -0.2) is 40.9 Å². The summed E-state index contributed by atoms with van der Waals surface area (Å²) < 4.78 is 2.32. The molecule has 0 saturated carbocycles. The van der Waals surface area contributed by atoms with Crippen LogP contribution in [0.5, 0.6) is 0 Å². The molecule has 8 heteroatoms. The Morgan fingerprint density at radius 1 is 1.07 bits per heavy atom. The molecule has 0 fully saturated rings. The number of hydrogen-bond donors (Lipinski definition) is 2. The number of aryl methyl sites for hydroxylation is 3. The predicted octanol–water partition coefficient (Wildman–Crippen LogP) is 4.04. The normalized spacial score (nSPS) is 14.4. The van der Waals surface area contributed by atoms with Crippen LogP contribution >= 0.6 is 23.2 Å². The maximum Gasteiger partial charge on any atom is 0.190 e. The molecule has 0 saturated heterocycles. The van der Waals surface area contributed by atoms with Crippen molar-refractivity contribution in [2.75, 3.05) is 20.1 Å². The van der Waals surface area contributed by atoms with Crippen LogP contribution in [-0.2, 0) is 25.8 Å². The molecular formula is C21H30Cl2N6. The van der Waals surface area contributed by atoms with Crippen LogP contribution in [0, 0.1) is 0 Å². The Bertz CT molecular complexity index is 817. The number of aliphatic imine (C=N–C) groups is 1. The van der Waals surface area contributed by atoms with Gasteiger partial charge in [0.1, 0.15) is 11.6 Å². The van der Waals surface area contributed by atoms with Crippen LogP contribution in [0.15, 0.2) is 23.2 Å². The molecule has 0 aliphatic carbocycles. The number of nitrogens with one attached hydrogen (secondary N) is 2. The minimum Gasteiger partial charge on any atom is -0.356 e. The number of hydrogen-bond acceptors (Lipinski definition) is 3. The first-order valence-corrected chi connectivity index (χ1v) is 11.2. The topological polar surface area (TPSA) is 67.1 Å². The Kier molecular flexibility index (Phi) is 8.62. The van der Waals surface area contributed by atoms with Gasteiger partial charge in [-0.05, 0) is 49.8 Å². The zero-order valence-electron chi connectivity index (χ0n) is 17.1. The molecule has 6 nitrogen and oxygen atoms in total. The lowest BCUT2D eigenvalue weighted by Gasteiger charge is -2.12. The summed E-state index contributed by atoms with van der Waals surface area (Å²) in [7, 11) is 1.80. The minimum absolute atomic E-state index is 0.670. The molecule has 0 bridgehead atoms. The monoisotopic (exact) mass is 436 g/mol. The second-order valence-corrected chi connectivity index (χ2v) is 8.21. The Hall–Kier alpha value is -1.79. The van der Waals surface area contributed by atoms with Gasteiger partial charge in [-0.2, -0.15) is 0 Å². The van der Waals surface area contributed by atoms with E-state index in [0.717, 1.165) is 79.9 Å². The Labute approximate surface area is 183 Å². The SMILES string of the molecule is CN=C(NCCCc1ccc(Cl)cc1Cl)NCCCc1nnc2n1CCCCC2. The van der Waals surface area contributed by atoms with Crippen LogP contribution < -0.4 is 10.6 Å². The van der Waals surface area contributed by atoms with Gasteiger partial charge in [0, 0.05) is 49.6 Å². The van der Waals surface area contributed by atoms with Crippen molar-refractivity contribution in [3.63, 3.8) is 0 Å². The molecule has 158 valence electrons. The highest BCUT2D eigenvalue weighted by molar-refractivity contribution is 6.35. The van der Waals surface area contributed by atoms with Gasteiger partial charge in [0.2, 0.25) is 0 Å². The fraction of sp³-hybridized carbons (Fsp3) is 0.571. The summed E-state index contributed by atoms with van der Waals surface area (Å²) in [4.78, 5) is 4.30. The molecule has 3 rings (SSSR count). The number of guanidine groups is 1. The van der Waals surface area contributed by atoms with E-state index in [0.29, 0.717) is 5.02 Å². The van der Waals surface area contributed by atoms with E-state index < -0.39 is 0 Å². The zero-order valence-corrected chi connectivity index (χ0v) is 18.6. The molecular weight excluding hydrogens is 407 g/mol. The molecule has 0 unspecified atom stereocenters. The Morgan fingerprint density at radius 3 is 2.62 bits per heavy atom. The van der Waals surface area contributed by atoms with E-state index >= 15 is 0 Å². The molecule has 0 spiro atoms. The van der Waals surface area contributed by atoms with Gasteiger partial charge in [0.25, 0.3) is 0 Å². The summed E-state index contributed by atoms with van der Waals surface area (Å²) >= 11 is 12.2. The van der Waals surface area contributed by atoms with E-state index in [-0.39, 0.29) is 0 Å². The maximum atomic E-state index is 6.23. The second kappa shape index (κ2) is 11.4. The van der Waals surface area contributed by atoms with Gasteiger partial charge in [-0.3, -0.25) is 4.99 Å². The first-order valence-electron chi connectivity index (χ1n) is 10.5. The molecule has 0 atom stereocenters. The maximum absolute atomic E-state index is 6.23. The number of aromatic nitrogens is 3. The predicted molar refractivity (Wildman–Crippen MR) is 120 cm³/mol. The van der Waals surface area contributed by atoms with Crippen molar-refractivity contribution in [2.45, 2.75) is 57.9 Å². The third-order valence-electron chi connectivity index (χ3n) is 5.21. The third-order valence-corrected chi connectivity index (χ3v) is 5.80. The summed E-state index contributed by atoms with van der Waals surface area (Å²) in [6, 6.07) is 5.66. The molecule has 2 aromatic rings. The summed E-state index contributed by atoms with van der Waals surface area (Å²) in [5.41, 5.74) is 1.12. The summed E-state index contributed by atoms with van der Waals surface area (Å²) in [5, 5.41) is 16.9. The standard InChI is InChI=1S/C21H30Cl2N6/c1-24-21(25-12-5-7-16-10-11-17(22)15-18(16)23)26-13-6-9-20-28-27-19-8-3-2-4-14-29(19)20/h10-11,15H,2-9,12-14H2,1H3,(H2,24,25,26). The van der Waals surface area contributed by atoms with Crippen molar-refractivity contribution >= 4 is 29.2 Å². The van der Waals surface area contributed by atoms with E-state index in [1.165, 1.54) is 19.3 Å². The average molecular weight is 437 g/mol. The number of halogens is 2. The van der Waals surface area contributed by atoms with E-state index in [2.05, 4.69) is 30.4 Å². The lowest BCUT2D eigenvalue weighted by Crippen LogP contribution is -2.38. The fourth-order valence-electron chi connectivity index (χ4n) is 3.61. The number of rotatable bonds is 8. The van der Waals surface area contributed by atoms with Gasteiger partial charge >= 0.3 is 0 Å². The van der Waals surface area contributed by atoms with Gasteiger partial charge in [-0.1, -0.05) is 35.7 Å². The Morgan fingerprint density at radius 2 is 1.86 bits per heavy atom. The molecule has 1 aromatic carbocycles. The van der Waals surface area contributed by atoms with Crippen molar-refractivity contribution in [3.05, 3.63) is 45.5 Å². The number of benzene rings is 1. The van der Waals surface area contributed by atoms with Crippen molar-refractivity contribution in [3.8, 4) is 0 Å². The zero-order chi connectivity index (χ0) is 20.5. The summed E-state index contributed by atoms with van der Waals surface area (Å²) in [6.07, 6.45) is 8.61. The van der Waals surface area contributed by atoms with E-state index in [9.17, 15) is 0 Å². The molecule has 0 radical (unpaired) electrons. The highest BCUT2D eigenvalue weighted by Crippen LogP contribution is 2.21. The van der Waals surface area contributed by atoms with Gasteiger partial charge < -0.3 is 15.2 Å². The van der Waals surface area contributed by atoms with E-state index in [1.54, 1.807) is 13.1 Å². The molecule has 1 aromatic heterocycles. The van der Waals surface area contributed by atoms with Crippen LogP contribution in [0.25, 0.3) is 0 Å². The van der Waals surface area contributed by atoms with Crippen LogP contribution in [0.4, 0.5) is 0 Å². The first kappa shape index (κ1) is 21.9. The highest BCUT2D eigenvalue weighted by atomic mass is 35.5. The number of nitrogens with zero attached hydrogens (tertiary/aromatic N) is 4. The molecule has 29 heavy (non-hydrogen) atoms. The van der Waals surface area contributed by atoms with Gasteiger partial charge in [-0.15, -0.1) is 10.2 Å². The summed E-state index contributed by atoms with van der Waals surface area (Å²) in [5.74, 6) is 3.10. The molecule has 0 amide bonds. The van der Waals surface area contributed by atoms with E-state index in [1.807, 2.05) is 12.1 Å². The van der Waals surface area contributed by atoms with E-state index in [4.69, 9.17) is 23.2 Å². The molecule has 2 heterocycles. The van der Waals surface area contributed by atoms with Crippen LogP contribution in [0.2, 0.25) is 10.0 Å². The number of fused-ring (bicyclic) bond motifs is 1. The van der Waals surface area contributed by atoms with Crippen molar-refractivity contribution in [2.24, 2.45) is 4.99 Å². The van der Waals surface area contributed by atoms with Gasteiger partial charge in [0.05, 0.1) is 0 Å². The smallest absolute Gasteiger partial charge is 0.190 e. The minimum atomic E-state index is 0.670. The van der Waals surface area contributed by atoms with Crippen LogP contribution in [0.1, 0.15) is 49.3 Å². The largest absolute Gasteiger partial charge is 0.356 e. The lowest BCUT2D eigenvalue weighted by atomic mass is 10.1. The van der Waals surface area contributed by atoms with Gasteiger partial charge in [-0.25, -0.2) is 0 Å². The molecule has 2 N–H and O–H groups in total. The summed E-state index contributed by atoms with van der Waals surface area (Å²) in [6.45, 7) is 2.74. The fourth-order valence-corrected chi connectivity index (χ4v) is 4.12. The Balaban J connectivity index is 1.34. The molecule has 1 aliphatic rings.